The van der Waals surface area contributed by atoms with Crippen molar-refractivity contribution in [3.63, 3.8) is 0 Å². The minimum Gasteiger partial charge on any atom is -0.467 e. The number of nitrogens with one attached hydrogen (secondary N) is 1. The van der Waals surface area contributed by atoms with Gasteiger partial charge in [-0.2, -0.15) is 0 Å². The number of hydrogen-bond acceptors (Lipinski definition) is 3. The Bertz CT molecular complexity index is 661. The van der Waals surface area contributed by atoms with E-state index in [2.05, 4.69) is 5.32 Å². The van der Waals surface area contributed by atoms with Gasteiger partial charge in [0.1, 0.15) is 6.04 Å². The summed E-state index contributed by atoms with van der Waals surface area (Å²) in [4.78, 5) is 24.3. The van der Waals surface area contributed by atoms with E-state index in [1.165, 1.54) is 7.11 Å². The molecular formula is C18H21NO3. The fraction of sp³-hybridized carbons (Fsp3) is 0.333. The van der Waals surface area contributed by atoms with Gasteiger partial charge >= 0.3 is 5.97 Å². The number of esters is 1. The standard InChI is InChI=1S/C18H21NO3/c1-3-4-12-16(18(21)22-2)19-17(20)15-11-7-9-13-8-5-6-10-14(13)15/h5-11,16H,3-4,12H2,1-2H3,(H,19,20)/t16-/m0/s1. The lowest BCUT2D eigenvalue weighted by Gasteiger charge is -2.17. The quantitative estimate of drug-likeness (QED) is 0.833. The van der Waals surface area contributed by atoms with E-state index in [-0.39, 0.29) is 5.91 Å². The highest BCUT2D eigenvalue weighted by molar-refractivity contribution is 6.07. The van der Waals surface area contributed by atoms with E-state index in [4.69, 9.17) is 4.74 Å². The lowest BCUT2D eigenvalue weighted by molar-refractivity contribution is -0.143. The Labute approximate surface area is 130 Å². The number of rotatable bonds is 6. The minimum atomic E-state index is -0.601. The molecule has 2 rings (SSSR count). The summed E-state index contributed by atoms with van der Waals surface area (Å²) in [5.74, 6) is -0.648. The Morgan fingerprint density at radius 2 is 1.86 bits per heavy atom. The average molecular weight is 299 g/mol. The molecule has 0 spiro atoms. The molecular weight excluding hydrogens is 278 g/mol. The fourth-order valence-electron chi connectivity index (χ4n) is 2.46. The minimum absolute atomic E-state index is 0.247. The molecule has 4 heteroatoms. The third-order valence-corrected chi connectivity index (χ3v) is 3.67. The zero-order valence-corrected chi connectivity index (χ0v) is 13.0. The first-order valence-electron chi connectivity index (χ1n) is 7.53. The summed E-state index contributed by atoms with van der Waals surface area (Å²) in [7, 11) is 1.34. The molecule has 0 bridgehead atoms. The van der Waals surface area contributed by atoms with Crippen LogP contribution in [-0.2, 0) is 9.53 Å². The number of carbonyl (C=O) groups is 2. The van der Waals surface area contributed by atoms with Gasteiger partial charge in [0.25, 0.3) is 5.91 Å². The van der Waals surface area contributed by atoms with Crippen molar-refractivity contribution in [2.45, 2.75) is 32.2 Å². The van der Waals surface area contributed by atoms with Crippen LogP contribution in [0.15, 0.2) is 42.5 Å². The molecule has 22 heavy (non-hydrogen) atoms. The second-order valence-electron chi connectivity index (χ2n) is 5.22. The van der Waals surface area contributed by atoms with Crippen molar-refractivity contribution in [2.75, 3.05) is 7.11 Å². The molecule has 1 atom stereocenters. The topological polar surface area (TPSA) is 55.4 Å². The predicted molar refractivity (Wildman–Crippen MR) is 86.7 cm³/mol. The Hall–Kier alpha value is -2.36. The van der Waals surface area contributed by atoms with Crippen LogP contribution < -0.4 is 5.32 Å². The second-order valence-corrected chi connectivity index (χ2v) is 5.22. The molecule has 0 heterocycles. The first kappa shape index (κ1) is 16.0. The van der Waals surface area contributed by atoms with Gasteiger partial charge < -0.3 is 10.1 Å². The van der Waals surface area contributed by atoms with Crippen molar-refractivity contribution in [3.8, 4) is 0 Å². The van der Waals surface area contributed by atoms with Gasteiger partial charge in [-0.15, -0.1) is 0 Å². The van der Waals surface area contributed by atoms with E-state index < -0.39 is 12.0 Å². The first-order valence-corrected chi connectivity index (χ1v) is 7.53. The molecule has 1 amide bonds. The lowest BCUT2D eigenvalue weighted by Crippen LogP contribution is -2.41. The van der Waals surface area contributed by atoms with Crippen molar-refractivity contribution in [1.29, 1.82) is 0 Å². The summed E-state index contributed by atoms with van der Waals surface area (Å²) in [6.45, 7) is 2.04. The Kier molecular flexibility index (Phi) is 5.53. The summed E-state index contributed by atoms with van der Waals surface area (Å²) in [6.07, 6.45) is 2.40. The van der Waals surface area contributed by atoms with Crippen molar-refractivity contribution in [2.24, 2.45) is 0 Å². The van der Waals surface area contributed by atoms with Gasteiger partial charge in [0.15, 0.2) is 0 Å². The number of fused-ring (bicyclic) bond motifs is 1. The van der Waals surface area contributed by atoms with E-state index in [1.54, 1.807) is 6.07 Å². The van der Waals surface area contributed by atoms with Crippen LogP contribution in [0.1, 0.15) is 36.5 Å². The van der Waals surface area contributed by atoms with Crippen molar-refractivity contribution in [1.82, 2.24) is 5.32 Å². The summed E-state index contributed by atoms with van der Waals surface area (Å²) < 4.78 is 4.78. The highest BCUT2D eigenvalue weighted by Crippen LogP contribution is 2.18. The zero-order valence-electron chi connectivity index (χ0n) is 13.0. The number of amides is 1. The maximum atomic E-state index is 12.5. The normalized spacial score (nSPS) is 11.9. The van der Waals surface area contributed by atoms with Gasteiger partial charge in [0.2, 0.25) is 0 Å². The maximum absolute atomic E-state index is 12.5. The van der Waals surface area contributed by atoms with Gasteiger partial charge in [-0.05, 0) is 23.3 Å². The van der Waals surface area contributed by atoms with Gasteiger partial charge in [-0.25, -0.2) is 4.79 Å². The van der Waals surface area contributed by atoms with Crippen LogP contribution >= 0.6 is 0 Å². The van der Waals surface area contributed by atoms with Crippen molar-refractivity contribution < 1.29 is 14.3 Å². The van der Waals surface area contributed by atoms with E-state index in [0.717, 1.165) is 23.6 Å². The molecule has 0 aliphatic heterocycles. The summed E-state index contributed by atoms with van der Waals surface area (Å²) in [5, 5.41) is 4.67. The van der Waals surface area contributed by atoms with Gasteiger partial charge in [-0.3, -0.25) is 4.79 Å². The number of benzene rings is 2. The third kappa shape index (κ3) is 3.64. The van der Waals surface area contributed by atoms with Crippen LogP contribution in [0.4, 0.5) is 0 Å². The summed E-state index contributed by atoms with van der Waals surface area (Å²) in [5.41, 5.74) is 0.573. The largest absolute Gasteiger partial charge is 0.467 e. The number of methoxy groups -OCH3 is 1. The van der Waals surface area contributed by atoms with E-state index in [1.807, 2.05) is 43.3 Å². The molecule has 2 aromatic carbocycles. The summed E-state index contributed by atoms with van der Waals surface area (Å²) >= 11 is 0. The van der Waals surface area contributed by atoms with Crippen LogP contribution in [-0.4, -0.2) is 25.0 Å². The van der Waals surface area contributed by atoms with E-state index >= 15 is 0 Å². The zero-order chi connectivity index (χ0) is 15.9. The maximum Gasteiger partial charge on any atom is 0.328 e. The molecule has 0 fully saturated rings. The Balaban J connectivity index is 2.23. The molecule has 2 aromatic rings. The molecule has 0 radical (unpaired) electrons. The number of hydrogen-bond donors (Lipinski definition) is 1. The molecule has 0 unspecified atom stereocenters. The monoisotopic (exact) mass is 299 g/mol. The van der Waals surface area contributed by atoms with Crippen LogP contribution in [0, 0.1) is 0 Å². The summed E-state index contributed by atoms with van der Waals surface area (Å²) in [6, 6.07) is 12.7. The first-order chi connectivity index (χ1) is 10.7. The molecule has 0 aliphatic carbocycles. The smallest absolute Gasteiger partial charge is 0.328 e. The molecule has 4 nitrogen and oxygen atoms in total. The van der Waals surface area contributed by atoms with Gasteiger partial charge in [0, 0.05) is 5.56 Å². The predicted octanol–water partition coefficient (Wildman–Crippen LogP) is 3.30. The van der Waals surface area contributed by atoms with E-state index in [0.29, 0.717) is 12.0 Å². The molecule has 0 saturated heterocycles. The van der Waals surface area contributed by atoms with Crippen LogP contribution in [0.3, 0.4) is 0 Å². The second kappa shape index (κ2) is 7.59. The Morgan fingerprint density at radius 3 is 2.59 bits per heavy atom. The van der Waals surface area contributed by atoms with Gasteiger partial charge in [0.05, 0.1) is 7.11 Å². The van der Waals surface area contributed by atoms with Gasteiger partial charge in [-0.1, -0.05) is 56.2 Å². The molecule has 0 saturated carbocycles. The van der Waals surface area contributed by atoms with Crippen LogP contribution in [0.25, 0.3) is 10.8 Å². The average Bonchev–Trinajstić information content (AvgIpc) is 2.57. The number of ether oxygens (including phenoxy) is 1. The highest BCUT2D eigenvalue weighted by atomic mass is 16.5. The fourth-order valence-corrected chi connectivity index (χ4v) is 2.46. The molecule has 0 aromatic heterocycles. The number of carbonyl (C=O) groups excluding carboxylic acids is 2. The Morgan fingerprint density at radius 1 is 1.14 bits per heavy atom. The van der Waals surface area contributed by atoms with E-state index in [9.17, 15) is 9.59 Å². The molecule has 116 valence electrons. The SMILES string of the molecule is CCCC[C@H](NC(=O)c1cccc2ccccc12)C(=O)OC. The number of unbranched alkanes of at least 4 members (excludes halogenated alkanes) is 1. The lowest BCUT2D eigenvalue weighted by atomic mass is 10.0. The molecule has 1 N–H and O–H groups in total. The molecule has 0 aliphatic rings. The van der Waals surface area contributed by atoms with Crippen molar-refractivity contribution >= 4 is 22.6 Å². The van der Waals surface area contributed by atoms with Crippen molar-refractivity contribution in [3.05, 3.63) is 48.0 Å². The van der Waals surface area contributed by atoms with Crippen LogP contribution in [0.5, 0.6) is 0 Å². The third-order valence-electron chi connectivity index (χ3n) is 3.67. The van der Waals surface area contributed by atoms with Crippen LogP contribution in [0.2, 0.25) is 0 Å². The highest BCUT2D eigenvalue weighted by Gasteiger charge is 2.22.